The summed E-state index contributed by atoms with van der Waals surface area (Å²) in [5, 5.41) is 11.9. The van der Waals surface area contributed by atoms with E-state index in [0.29, 0.717) is 6.42 Å². The predicted octanol–water partition coefficient (Wildman–Crippen LogP) is 2.91. The van der Waals surface area contributed by atoms with Crippen molar-refractivity contribution >= 4 is 11.6 Å². The quantitative estimate of drug-likeness (QED) is 0.871. The molecule has 22 heavy (non-hydrogen) atoms. The standard InChI is InChI=1S/C18H29ClN2O/c1-4-18(22,13-16-5-7-17(19)8-6-16)15(2)14-21-11-9-20(3)10-12-21/h5-8,15,22H,4,9-14H2,1-3H3. The van der Waals surface area contributed by atoms with Gasteiger partial charge in [-0.25, -0.2) is 0 Å². The maximum Gasteiger partial charge on any atom is 0.0722 e. The van der Waals surface area contributed by atoms with Gasteiger partial charge in [-0.15, -0.1) is 0 Å². The summed E-state index contributed by atoms with van der Waals surface area (Å²) in [6.45, 7) is 9.66. The zero-order valence-electron chi connectivity index (χ0n) is 14.1. The van der Waals surface area contributed by atoms with Crippen molar-refractivity contribution in [3.63, 3.8) is 0 Å². The summed E-state index contributed by atoms with van der Waals surface area (Å²) < 4.78 is 0. The third-order valence-electron chi connectivity index (χ3n) is 5.08. The van der Waals surface area contributed by atoms with Gasteiger partial charge in [0.2, 0.25) is 0 Å². The molecule has 4 heteroatoms. The molecule has 0 bridgehead atoms. The van der Waals surface area contributed by atoms with Gasteiger partial charge in [0.1, 0.15) is 0 Å². The summed E-state index contributed by atoms with van der Waals surface area (Å²) in [6.07, 6.45) is 1.46. The van der Waals surface area contributed by atoms with Crippen molar-refractivity contribution in [2.75, 3.05) is 39.8 Å². The number of nitrogens with zero attached hydrogens (tertiary/aromatic N) is 2. The van der Waals surface area contributed by atoms with E-state index in [2.05, 4.69) is 30.7 Å². The van der Waals surface area contributed by atoms with Crippen LogP contribution in [0.5, 0.6) is 0 Å². The molecule has 0 amide bonds. The number of piperazine rings is 1. The van der Waals surface area contributed by atoms with Crippen LogP contribution in [0, 0.1) is 5.92 Å². The Balaban J connectivity index is 1.97. The zero-order chi connectivity index (χ0) is 16.2. The Hall–Kier alpha value is -0.610. The first kappa shape index (κ1) is 17.7. The minimum absolute atomic E-state index is 0.247. The molecule has 1 N–H and O–H groups in total. The molecule has 1 aromatic carbocycles. The van der Waals surface area contributed by atoms with Crippen molar-refractivity contribution in [3.8, 4) is 0 Å². The van der Waals surface area contributed by atoms with Gasteiger partial charge in [-0.3, -0.25) is 0 Å². The molecule has 0 saturated carbocycles. The molecule has 0 spiro atoms. The molecule has 0 radical (unpaired) electrons. The number of benzene rings is 1. The largest absolute Gasteiger partial charge is 0.389 e. The van der Waals surface area contributed by atoms with E-state index < -0.39 is 5.60 Å². The second kappa shape index (κ2) is 7.78. The Morgan fingerprint density at radius 2 is 1.77 bits per heavy atom. The average Bonchev–Trinajstić information content (AvgIpc) is 2.51. The van der Waals surface area contributed by atoms with Crippen molar-refractivity contribution in [2.24, 2.45) is 5.92 Å². The second-order valence-corrected chi connectivity index (χ2v) is 7.20. The van der Waals surface area contributed by atoms with Gasteiger partial charge in [-0.05, 0) is 37.1 Å². The molecule has 1 aliphatic rings. The first-order valence-corrected chi connectivity index (χ1v) is 8.68. The van der Waals surface area contributed by atoms with Gasteiger partial charge in [-0.2, -0.15) is 0 Å². The van der Waals surface area contributed by atoms with E-state index in [-0.39, 0.29) is 5.92 Å². The smallest absolute Gasteiger partial charge is 0.0722 e. The van der Waals surface area contributed by atoms with E-state index in [1.54, 1.807) is 0 Å². The fraction of sp³-hybridized carbons (Fsp3) is 0.667. The number of halogens is 1. The molecule has 0 aliphatic carbocycles. The molecule has 1 saturated heterocycles. The lowest BCUT2D eigenvalue weighted by molar-refractivity contribution is -0.0314. The molecule has 124 valence electrons. The number of hydrogen-bond acceptors (Lipinski definition) is 3. The molecule has 1 aliphatic heterocycles. The summed E-state index contributed by atoms with van der Waals surface area (Å²) in [5.41, 5.74) is 0.496. The number of likely N-dealkylation sites (N-methyl/N-ethyl adjacent to an activating group) is 1. The molecule has 1 aromatic rings. The van der Waals surface area contributed by atoms with Gasteiger partial charge >= 0.3 is 0 Å². The van der Waals surface area contributed by atoms with E-state index in [1.165, 1.54) is 0 Å². The van der Waals surface area contributed by atoms with Crippen LogP contribution in [0.2, 0.25) is 5.02 Å². The summed E-state index contributed by atoms with van der Waals surface area (Å²) in [4.78, 5) is 4.84. The van der Waals surface area contributed by atoms with Crippen LogP contribution in [-0.4, -0.2) is 60.3 Å². The van der Waals surface area contributed by atoms with Gasteiger partial charge < -0.3 is 14.9 Å². The van der Waals surface area contributed by atoms with Crippen molar-refractivity contribution in [2.45, 2.75) is 32.3 Å². The normalized spacial score (nSPS) is 21.5. The Bertz CT molecular complexity index is 457. The molecule has 2 unspecified atom stereocenters. The van der Waals surface area contributed by atoms with Crippen LogP contribution in [0.15, 0.2) is 24.3 Å². The molecular formula is C18H29ClN2O. The van der Waals surface area contributed by atoms with Gasteiger partial charge in [-0.1, -0.05) is 37.6 Å². The lowest BCUT2D eigenvalue weighted by atomic mass is 9.80. The monoisotopic (exact) mass is 324 g/mol. The predicted molar refractivity (Wildman–Crippen MR) is 93.5 cm³/mol. The van der Waals surface area contributed by atoms with Gasteiger partial charge in [0.05, 0.1) is 5.60 Å². The lowest BCUT2D eigenvalue weighted by Gasteiger charge is -2.39. The van der Waals surface area contributed by atoms with Crippen LogP contribution in [0.3, 0.4) is 0 Å². The molecule has 2 atom stereocenters. The van der Waals surface area contributed by atoms with E-state index in [9.17, 15) is 5.11 Å². The minimum Gasteiger partial charge on any atom is -0.389 e. The van der Waals surface area contributed by atoms with Crippen LogP contribution in [-0.2, 0) is 6.42 Å². The molecule has 0 aromatic heterocycles. The molecule has 1 fully saturated rings. The topological polar surface area (TPSA) is 26.7 Å². The van der Waals surface area contributed by atoms with Gasteiger partial charge in [0, 0.05) is 44.2 Å². The van der Waals surface area contributed by atoms with E-state index in [0.717, 1.165) is 49.7 Å². The Morgan fingerprint density at radius 1 is 1.18 bits per heavy atom. The fourth-order valence-corrected chi connectivity index (χ4v) is 3.32. The Labute approximate surface area is 139 Å². The number of aliphatic hydroxyl groups is 1. The van der Waals surface area contributed by atoms with Crippen LogP contribution < -0.4 is 0 Å². The summed E-state index contributed by atoms with van der Waals surface area (Å²) in [5.74, 6) is 0.247. The Morgan fingerprint density at radius 3 is 2.32 bits per heavy atom. The van der Waals surface area contributed by atoms with Crippen LogP contribution in [0.1, 0.15) is 25.8 Å². The lowest BCUT2D eigenvalue weighted by Crippen LogP contribution is -2.50. The average molecular weight is 325 g/mol. The first-order valence-electron chi connectivity index (χ1n) is 8.30. The summed E-state index contributed by atoms with van der Waals surface area (Å²) in [6, 6.07) is 7.84. The number of hydrogen-bond donors (Lipinski definition) is 1. The highest BCUT2D eigenvalue weighted by atomic mass is 35.5. The molecular weight excluding hydrogens is 296 g/mol. The van der Waals surface area contributed by atoms with Crippen molar-refractivity contribution in [3.05, 3.63) is 34.9 Å². The van der Waals surface area contributed by atoms with Crippen molar-refractivity contribution < 1.29 is 5.11 Å². The fourth-order valence-electron chi connectivity index (χ4n) is 3.19. The third kappa shape index (κ3) is 4.69. The van der Waals surface area contributed by atoms with Crippen molar-refractivity contribution in [1.82, 2.24) is 9.80 Å². The number of rotatable bonds is 6. The Kier molecular flexibility index (Phi) is 6.27. The highest BCUT2D eigenvalue weighted by molar-refractivity contribution is 6.30. The van der Waals surface area contributed by atoms with Crippen LogP contribution in [0.4, 0.5) is 0 Å². The van der Waals surface area contributed by atoms with Crippen LogP contribution in [0.25, 0.3) is 0 Å². The SMILES string of the molecule is CCC(O)(Cc1ccc(Cl)cc1)C(C)CN1CCN(C)CC1. The van der Waals surface area contributed by atoms with Crippen molar-refractivity contribution in [1.29, 1.82) is 0 Å². The van der Waals surface area contributed by atoms with E-state index in [4.69, 9.17) is 11.6 Å². The van der Waals surface area contributed by atoms with Gasteiger partial charge in [0.15, 0.2) is 0 Å². The highest BCUT2D eigenvalue weighted by Gasteiger charge is 2.33. The summed E-state index contributed by atoms with van der Waals surface area (Å²) in [7, 11) is 2.17. The van der Waals surface area contributed by atoms with E-state index >= 15 is 0 Å². The molecule has 3 nitrogen and oxygen atoms in total. The summed E-state index contributed by atoms with van der Waals surface area (Å²) >= 11 is 5.95. The maximum atomic E-state index is 11.1. The van der Waals surface area contributed by atoms with E-state index in [1.807, 2.05) is 24.3 Å². The third-order valence-corrected chi connectivity index (χ3v) is 5.33. The first-order chi connectivity index (χ1) is 10.4. The second-order valence-electron chi connectivity index (χ2n) is 6.77. The maximum absolute atomic E-state index is 11.1. The zero-order valence-corrected chi connectivity index (χ0v) is 14.8. The molecule has 2 rings (SSSR count). The van der Waals surface area contributed by atoms with Gasteiger partial charge in [0.25, 0.3) is 0 Å². The molecule has 1 heterocycles. The van der Waals surface area contributed by atoms with Crippen LogP contribution >= 0.6 is 11.6 Å². The minimum atomic E-state index is -0.656. The highest BCUT2D eigenvalue weighted by Crippen LogP contribution is 2.28.